The van der Waals surface area contributed by atoms with Gasteiger partial charge in [0.25, 0.3) is 0 Å². The molecule has 2 aliphatic heterocycles. The van der Waals surface area contributed by atoms with E-state index in [4.69, 9.17) is 4.28 Å². The zero-order chi connectivity index (χ0) is 5.45. The summed E-state index contributed by atoms with van der Waals surface area (Å²) >= 11 is 0. The summed E-state index contributed by atoms with van der Waals surface area (Å²) < 4.78 is 5.17. The van der Waals surface area contributed by atoms with Crippen molar-refractivity contribution in [1.29, 1.82) is 0 Å². The molecular weight excluding hydrogens is 122 g/mol. The molecule has 8 heavy (non-hydrogen) atoms. The molecule has 0 atom stereocenters. The van der Waals surface area contributed by atoms with Crippen LogP contribution in [0.3, 0.4) is 0 Å². The summed E-state index contributed by atoms with van der Waals surface area (Å²) in [6.07, 6.45) is 4.17. The lowest BCUT2D eigenvalue weighted by atomic mass is 10.3. The fourth-order valence-electron chi connectivity index (χ4n) is 1.16. The Morgan fingerprint density at radius 2 is 1.75 bits per heavy atom. The molecule has 0 bridgehead atoms. The molecule has 2 aliphatic rings. The van der Waals surface area contributed by atoms with Crippen molar-refractivity contribution in [3.05, 3.63) is 0 Å². The zero-order valence-electron chi connectivity index (χ0n) is 4.85. The van der Waals surface area contributed by atoms with E-state index in [2.05, 4.69) is 4.89 Å². The van der Waals surface area contributed by atoms with Crippen molar-refractivity contribution in [2.24, 2.45) is 0 Å². The highest BCUT2D eigenvalue weighted by atomic mass is 32.3. The summed E-state index contributed by atoms with van der Waals surface area (Å²) in [6.45, 7) is 0. The van der Waals surface area contributed by atoms with Crippen LogP contribution in [0, 0.1) is 0 Å². The Kier molecular flexibility index (Phi) is 1.03. The van der Waals surface area contributed by atoms with Crippen LogP contribution in [0.25, 0.3) is 0 Å². The van der Waals surface area contributed by atoms with Crippen LogP contribution in [0.4, 0.5) is 0 Å². The predicted octanol–water partition coefficient (Wildman–Crippen LogP) is 1.34. The second kappa shape index (κ2) is 1.62. The molecule has 0 radical (unpaired) electrons. The summed E-state index contributed by atoms with van der Waals surface area (Å²) in [5.74, 6) is 2.62. The van der Waals surface area contributed by atoms with Crippen LogP contribution in [0.15, 0.2) is 0 Å². The average molecular weight is 133 g/mol. The first-order valence-corrected chi connectivity index (χ1v) is 5.05. The van der Waals surface area contributed by atoms with Crippen LogP contribution in [0.5, 0.6) is 0 Å². The summed E-state index contributed by atoms with van der Waals surface area (Å²) in [5, 5.41) is 0. The van der Waals surface area contributed by atoms with Gasteiger partial charge >= 0.3 is 0 Å². The molecule has 1 spiro atoms. The topological polar surface area (TPSA) is 34.5 Å². The molecule has 0 amide bonds. The minimum Gasteiger partial charge on any atom is -0.227 e. The Morgan fingerprint density at radius 3 is 2.12 bits per heavy atom. The molecule has 0 unspecified atom stereocenters. The fraction of sp³-hybridized carbons (Fsp3) is 1.00. The number of hydrogen-bond acceptors (Lipinski definition) is 2. The lowest BCUT2D eigenvalue weighted by Crippen LogP contribution is -2.04. The number of hydrogen-bond donors (Lipinski definition) is 1. The van der Waals surface area contributed by atoms with Gasteiger partial charge in [0, 0.05) is 11.5 Å². The van der Waals surface area contributed by atoms with Gasteiger partial charge in [-0.2, -0.15) is 0 Å². The third kappa shape index (κ3) is 0.747. The van der Waals surface area contributed by atoms with E-state index >= 15 is 0 Å². The van der Waals surface area contributed by atoms with Gasteiger partial charge in [0.2, 0.25) is 0 Å². The van der Waals surface area contributed by atoms with Crippen LogP contribution >= 0.6 is 10.5 Å². The van der Waals surface area contributed by atoms with Crippen molar-refractivity contribution >= 4 is 10.5 Å². The molecule has 0 aromatic heterocycles. The van der Waals surface area contributed by atoms with E-state index in [-0.39, 0.29) is 0 Å². The second-order valence-corrected chi connectivity index (χ2v) is 5.22. The van der Waals surface area contributed by atoms with Crippen molar-refractivity contribution < 1.29 is 4.28 Å². The molecule has 1 N–H and O–H groups in total. The maximum atomic E-state index is 5.17. The van der Waals surface area contributed by atoms with Gasteiger partial charge in [-0.05, 0) is 23.3 Å². The smallest absolute Gasteiger partial charge is 0.0154 e. The van der Waals surface area contributed by atoms with Crippen molar-refractivity contribution in [3.63, 3.8) is 0 Å². The molecule has 2 rings (SSSR count). The maximum Gasteiger partial charge on any atom is 0.0154 e. The molecule has 48 valence electrons. The minimum atomic E-state index is -0.583. The minimum absolute atomic E-state index is 0.583. The highest BCUT2D eigenvalue weighted by Gasteiger charge is 2.39. The van der Waals surface area contributed by atoms with Gasteiger partial charge in [-0.25, -0.2) is 4.28 Å². The molecule has 0 aromatic carbocycles. The van der Waals surface area contributed by atoms with Gasteiger partial charge in [-0.3, -0.25) is 0 Å². The van der Waals surface area contributed by atoms with Crippen molar-refractivity contribution in [3.8, 4) is 0 Å². The van der Waals surface area contributed by atoms with E-state index in [0.717, 1.165) is 0 Å². The quantitative estimate of drug-likeness (QED) is 0.506. The van der Waals surface area contributed by atoms with Crippen molar-refractivity contribution in [2.75, 3.05) is 11.5 Å². The standard InChI is InChI=1S/C5H11NOS/c1-2-4-8(5-3-1)6-7-8/h6H,1-5H2. The normalized spacial score (nSPS) is 37.0. The maximum absolute atomic E-state index is 5.17. The van der Waals surface area contributed by atoms with Crippen molar-refractivity contribution in [1.82, 2.24) is 4.89 Å². The fourth-order valence-corrected chi connectivity index (χ4v) is 3.43. The monoisotopic (exact) mass is 133 g/mol. The lowest BCUT2D eigenvalue weighted by Gasteiger charge is -2.18. The van der Waals surface area contributed by atoms with Gasteiger partial charge in [-0.15, -0.1) is 4.89 Å². The number of rotatable bonds is 0. The molecule has 2 fully saturated rings. The Labute approximate surface area is 51.2 Å². The van der Waals surface area contributed by atoms with Gasteiger partial charge < -0.3 is 0 Å². The number of nitrogens with one attached hydrogen (secondary N) is 1. The lowest BCUT2D eigenvalue weighted by molar-refractivity contribution is 0.465. The molecule has 0 aromatic rings. The van der Waals surface area contributed by atoms with Gasteiger partial charge in [0.05, 0.1) is 0 Å². The van der Waals surface area contributed by atoms with Crippen LogP contribution in [0.1, 0.15) is 19.3 Å². The Morgan fingerprint density at radius 1 is 1.12 bits per heavy atom. The Balaban J connectivity index is 1.95. The predicted molar refractivity (Wildman–Crippen MR) is 35.4 cm³/mol. The van der Waals surface area contributed by atoms with E-state index in [9.17, 15) is 0 Å². The zero-order valence-corrected chi connectivity index (χ0v) is 5.67. The van der Waals surface area contributed by atoms with Crippen LogP contribution < -0.4 is 4.89 Å². The summed E-state index contributed by atoms with van der Waals surface area (Å²) in [4.78, 5) is 3.03. The average Bonchev–Trinajstić information content (AvgIpc) is 2.52. The van der Waals surface area contributed by atoms with Crippen LogP contribution in [-0.4, -0.2) is 11.5 Å². The largest absolute Gasteiger partial charge is 0.227 e. The van der Waals surface area contributed by atoms with E-state index in [1.54, 1.807) is 0 Å². The Hall–Kier alpha value is 0.270. The Bertz CT molecular complexity index is 94.6. The highest BCUT2D eigenvalue weighted by molar-refractivity contribution is 8.32. The molecule has 2 nitrogen and oxygen atoms in total. The summed E-state index contributed by atoms with van der Waals surface area (Å²) in [7, 11) is -0.583. The van der Waals surface area contributed by atoms with E-state index < -0.39 is 10.5 Å². The van der Waals surface area contributed by atoms with Gasteiger partial charge in [0.15, 0.2) is 0 Å². The molecule has 2 saturated heterocycles. The highest BCUT2D eigenvalue weighted by Crippen LogP contribution is 2.59. The molecule has 2 heterocycles. The van der Waals surface area contributed by atoms with E-state index in [0.29, 0.717) is 0 Å². The summed E-state index contributed by atoms with van der Waals surface area (Å²) in [5.41, 5.74) is 0. The SMILES string of the molecule is C1CCS2(CC1)NO2. The van der Waals surface area contributed by atoms with Gasteiger partial charge in [0.1, 0.15) is 0 Å². The second-order valence-electron chi connectivity index (χ2n) is 2.45. The molecule has 0 saturated carbocycles. The first-order chi connectivity index (χ1) is 3.91. The van der Waals surface area contributed by atoms with E-state index in [1.165, 1.54) is 30.8 Å². The third-order valence-electron chi connectivity index (χ3n) is 1.77. The molecule has 3 heteroatoms. The van der Waals surface area contributed by atoms with Gasteiger partial charge in [-0.1, -0.05) is 6.42 Å². The van der Waals surface area contributed by atoms with Crippen molar-refractivity contribution in [2.45, 2.75) is 19.3 Å². The summed E-state index contributed by atoms with van der Waals surface area (Å²) in [6, 6.07) is 0. The van der Waals surface area contributed by atoms with E-state index in [1.807, 2.05) is 0 Å². The molecular formula is C5H11NOS. The third-order valence-corrected chi connectivity index (χ3v) is 4.30. The van der Waals surface area contributed by atoms with Crippen LogP contribution in [-0.2, 0) is 4.28 Å². The first kappa shape index (κ1) is 5.09. The molecule has 0 aliphatic carbocycles. The van der Waals surface area contributed by atoms with Crippen LogP contribution in [0.2, 0.25) is 0 Å². The first-order valence-electron chi connectivity index (χ1n) is 3.15.